The zero-order valence-electron chi connectivity index (χ0n) is 12.1. The summed E-state index contributed by atoms with van der Waals surface area (Å²) in [5, 5.41) is 0.970. The van der Waals surface area contributed by atoms with Crippen molar-refractivity contribution in [2.45, 2.75) is 43.4 Å². The van der Waals surface area contributed by atoms with Gasteiger partial charge in [-0.15, -0.1) is 0 Å². The number of fused-ring (bicyclic) bond motifs is 1. The van der Waals surface area contributed by atoms with E-state index in [1.807, 2.05) is 12.1 Å². The van der Waals surface area contributed by atoms with Gasteiger partial charge < -0.3 is 0 Å². The fourth-order valence-corrected chi connectivity index (χ4v) is 5.60. The first-order chi connectivity index (χ1) is 10.1. The first-order valence-corrected chi connectivity index (χ1v) is 10.4. The summed E-state index contributed by atoms with van der Waals surface area (Å²) in [4.78, 5) is 0.427. The number of alkyl halides is 1. The van der Waals surface area contributed by atoms with Gasteiger partial charge in [0.1, 0.15) is 0 Å². The van der Waals surface area contributed by atoms with E-state index in [0.29, 0.717) is 23.3 Å². The minimum Gasteiger partial charge on any atom is -0.211 e. The summed E-state index contributed by atoms with van der Waals surface area (Å²) < 4.78 is 27.7. The third-order valence-electron chi connectivity index (χ3n) is 4.93. The molecular weight excluding hydrogens is 350 g/mol. The molecule has 2 unspecified atom stereocenters. The highest BCUT2D eigenvalue weighted by Gasteiger charge is 2.28. The van der Waals surface area contributed by atoms with E-state index in [9.17, 15) is 8.42 Å². The first kappa shape index (κ1) is 15.5. The van der Waals surface area contributed by atoms with Gasteiger partial charge in [0.15, 0.2) is 0 Å². The summed E-state index contributed by atoms with van der Waals surface area (Å²) in [5.74, 6) is 1.07. The number of benzene rings is 1. The molecule has 3 rings (SSSR count). The summed E-state index contributed by atoms with van der Waals surface area (Å²) >= 11 is 3.54. The molecule has 0 radical (unpaired) electrons. The molecule has 2 aliphatic rings. The van der Waals surface area contributed by atoms with Crippen LogP contribution >= 0.6 is 15.9 Å². The highest BCUT2D eigenvalue weighted by atomic mass is 79.9. The van der Waals surface area contributed by atoms with Gasteiger partial charge in [-0.2, -0.15) is 0 Å². The number of rotatable bonds is 5. The molecule has 1 aromatic carbocycles. The van der Waals surface area contributed by atoms with Crippen LogP contribution in [0.1, 0.15) is 36.8 Å². The molecule has 2 atom stereocenters. The van der Waals surface area contributed by atoms with Crippen molar-refractivity contribution in [3.63, 3.8) is 0 Å². The van der Waals surface area contributed by atoms with Gasteiger partial charge in [-0.05, 0) is 67.2 Å². The van der Waals surface area contributed by atoms with Gasteiger partial charge in [-0.1, -0.05) is 28.4 Å². The van der Waals surface area contributed by atoms with Crippen molar-refractivity contribution >= 4 is 26.0 Å². The van der Waals surface area contributed by atoms with Crippen LogP contribution in [0.15, 0.2) is 23.1 Å². The molecule has 3 nitrogen and oxygen atoms in total. The molecule has 1 fully saturated rings. The lowest BCUT2D eigenvalue weighted by Crippen LogP contribution is -2.31. The summed E-state index contributed by atoms with van der Waals surface area (Å²) in [5.41, 5.74) is 2.51. The van der Waals surface area contributed by atoms with Crippen LogP contribution in [0.5, 0.6) is 0 Å². The van der Waals surface area contributed by atoms with Crippen molar-refractivity contribution in [1.82, 2.24) is 4.72 Å². The predicted octanol–water partition coefficient (Wildman–Crippen LogP) is 3.26. The summed E-state index contributed by atoms with van der Waals surface area (Å²) in [6, 6.07) is 5.60. The fourth-order valence-electron chi connectivity index (χ4n) is 3.60. The average Bonchev–Trinajstić information content (AvgIpc) is 3.12. The van der Waals surface area contributed by atoms with Crippen LogP contribution in [-0.4, -0.2) is 20.3 Å². The lowest BCUT2D eigenvalue weighted by Gasteiger charge is -2.18. The third-order valence-corrected chi connectivity index (χ3v) is 7.18. The van der Waals surface area contributed by atoms with E-state index >= 15 is 0 Å². The number of aryl methyl sites for hydroxylation is 2. The molecule has 1 aromatic rings. The SMILES string of the molecule is O=S(=O)(NCC1CCCC1CBr)c1ccc2c(c1)CCC2. The first-order valence-electron chi connectivity index (χ1n) is 7.77. The van der Waals surface area contributed by atoms with Crippen LogP contribution in [-0.2, 0) is 22.9 Å². The topological polar surface area (TPSA) is 46.2 Å². The summed E-state index contributed by atoms with van der Waals surface area (Å²) in [7, 11) is -3.37. The molecule has 0 amide bonds. The highest BCUT2D eigenvalue weighted by molar-refractivity contribution is 9.09. The molecule has 2 aliphatic carbocycles. The molecule has 0 heterocycles. The van der Waals surface area contributed by atoms with Crippen molar-refractivity contribution in [2.75, 3.05) is 11.9 Å². The van der Waals surface area contributed by atoms with Gasteiger partial charge in [0, 0.05) is 11.9 Å². The van der Waals surface area contributed by atoms with Crippen LogP contribution in [0.25, 0.3) is 0 Å². The maximum Gasteiger partial charge on any atom is 0.240 e. The van der Waals surface area contributed by atoms with E-state index < -0.39 is 10.0 Å². The average molecular weight is 372 g/mol. The summed E-state index contributed by atoms with van der Waals surface area (Å²) in [6.45, 7) is 0.565. The fraction of sp³-hybridized carbons (Fsp3) is 0.625. The van der Waals surface area contributed by atoms with Gasteiger partial charge in [-0.3, -0.25) is 0 Å². The van der Waals surface area contributed by atoms with Crippen molar-refractivity contribution in [1.29, 1.82) is 0 Å². The minimum atomic E-state index is -3.37. The second-order valence-electron chi connectivity index (χ2n) is 6.24. The lowest BCUT2D eigenvalue weighted by atomic mass is 9.99. The Labute approximate surface area is 135 Å². The van der Waals surface area contributed by atoms with E-state index in [0.717, 1.165) is 31.0 Å². The summed E-state index contributed by atoms with van der Waals surface area (Å²) in [6.07, 6.45) is 6.77. The second-order valence-corrected chi connectivity index (χ2v) is 8.66. The molecule has 21 heavy (non-hydrogen) atoms. The Morgan fingerprint density at radius 3 is 2.67 bits per heavy atom. The van der Waals surface area contributed by atoms with E-state index in [-0.39, 0.29) is 0 Å². The largest absolute Gasteiger partial charge is 0.240 e. The van der Waals surface area contributed by atoms with Gasteiger partial charge in [0.05, 0.1) is 4.90 Å². The standard InChI is InChI=1S/C16H22BrNO2S/c17-10-14-5-2-6-15(14)11-18-21(19,20)16-8-7-12-3-1-4-13(12)9-16/h7-9,14-15,18H,1-6,10-11H2. The van der Waals surface area contributed by atoms with E-state index in [2.05, 4.69) is 20.7 Å². The second kappa shape index (κ2) is 6.39. The number of hydrogen-bond acceptors (Lipinski definition) is 2. The van der Waals surface area contributed by atoms with Gasteiger partial charge in [0.25, 0.3) is 0 Å². The maximum atomic E-state index is 12.5. The highest BCUT2D eigenvalue weighted by Crippen LogP contribution is 2.32. The van der Waals surface area contributed by atoms with Crippen LogP contribution < -0.4 is 4.72 Å². The number of sulfonamides is 1. The molecule has 1 N–H and O–H groups in total. The Bertz CT molecular complexity index is 615. The smallest absolute Gasteiger partial charge is 0.211 e. The monoisotopic (exact) mass is 371 g/mol. The van der Waals surface area contributed by atoms with Gasteiger partial charge >= 0.3 is 0 Å². The lowest BCUT2D eigenvalue weighted by molar-refractivity contribution is 0.422. The van der Waals surface area contributed by atoms with Crippen LogP contribution in [0.2, 0.25) is 0 Å². The Morgan fingerprint density at radius 1 is 1.10 bits per heavy atom. The third kappa shape index (κ3) is 3.35. The van der Waals surface area contributed by atoms with E-state index in [1.165, 1.54) is 24.0 Å². The predicted molar refractivity (Wildman–Crippen MR) is 88.3 cm³/mol. The molecule has 1 saturated carbocycles. The molecule has 0 aromatic heterocycles. The molecule has 0 saturated heterocycles. The van der Waals surface area contributed by atoms with Crippen molar-refractivity contribution in [3.05, 3.63) is 29.3 Å². The molecule has 0 aliphatic heterocycles. The van der Waals surface area contributed by atoms with Crippen molar-refractivity contribution in [3.8, 4) is 0 Å². The molecular formula is C16H22BrNO2S. The number of halogens is 1. The Hall–Kier alpha value is -0.390. The molecule has 5 heteroatoms. The Morgan fingerprint density at radius 2 is 1.86 bits per heavy atom. The maximum absolute atomic E-state index is 12.5. The van der Waals surface area contributed by atoms with Crippen LogP contribution in [0.3, 0.4) is 0 Å². The van der Waals surface area contributed by atoms with E-state index in [4.69, 9.17) is 0 Å². The van der Waals surface area contributed by atoms with Crippen molar-refractivity contribution < 1.29 is 8.42 Å². The molecule has 0 bridgehead atoms. The Kier molecular flexibility index (Phi) is 4.71. The molecule has 0 spiro atoms. The normalized spacial score (nSPS) is 25.2. The number of hydrogen-bond donors (Lipinski definition) is 1. The van der Waals surface area contributed by atoms with Gasteiger partial charge in [-0.25, -0.2) is 13.1 Å². The number of nitrogens with one attached hydrogen (secondary N) is 1. The van der Waals surface area contributed by atoms with Crippen molar-refractivity contribution in [2.24, 2.45) is 11.8 Å². The van der Waals surface area contributed by atoms with Crippen LogP contribution in [0, 0.1) is 11.8 Å². The Balaban J connectivity index is 1.69. The zero-order valence-corrected chi connectivity index (χ0v) is 14.5. The quantitative estimate of drug-likeness (QED) is 0.807. The van der Waals surface area contributed by atoms with Crippen LogP contribution in [0.4, 0.5) is 0 Å². The minimum absolute atomic E-state index is 0.427. The molecule has 116 valence electrons. The van der Waals surface area contributed by atoms with E-state index in [1.54, 1.807) is 6.07 Å². The zero-order chi connectivity index (χ0) is 14.9. The van der Waals surface area contributed by atoms with Gasteiger partial charge in [0.2, 0.25) is 10.0 Å².